The van der Waals surface area contributed by atoms with Gasteiger partial charge in [-0.3, -0.25) is 0 Å². The largest absolute Gasteiger partial charge is 0.396 e. The number of rotatable bonds is 3. The fourth-order valence-electron chi connectivity index (χ4n) is 2.33. The van der Waals surface area contributed by atoms with E-state index in [2.05, 4.69) is 62.3 Å². The molecule has 0 radical (unpaired) electrons. The lowest BCUT2D eigenvalue weighted by atomic mass is 9.86. The molecule has 0 saturated heterocycles. The van der Waals surface area contributed by atoms with Crippen LogP contribution in [0.1, 0.15) is 75.2 Å². The molecule has 17 heavy (non-hydrogen) atoms. The minimum atomic E-state index is 0.317. The molecular formula is C16H36O. The van der Waals surface area contributed by atoms with Gasteiger partial charge in [0.1, 0.15) is 0 Å². The summed E-state index contributed by atoms with van der Waals surface area (Å²) in [5.74, 6) is 1.29. The highest BCUT2D eigenvalue weighted by atomic mass is 16.3. The van der Waals surface area contributed by atoms with Gasteiger partial charge in [0.25, 0.3) is 0 Å². The van der Waals surface area contributed by atoms with E-state index in [0.29, 0.717) is 23.4 Å². The highest BCUT2D eigenvalue weighted by Gasteiger charge is 2.13. The molecule has 0 saturated carbocycles. The van der Waals surface area contributed by atoms with Gasteiger partial charge in [-0.15, -0.1) is 0 Å². The van der Waals surface area contributed by atoms with Crippen LogP contribution in [0.2, 0.25) is 0 Å². The third-order valence-corrected chi connectivity index (χ3v) is 2.29. The Kier molecular flexibility index (Phi) is 9.23. The first-order valence-electron chi connectivity index (χ1n) is 6.98. The number of hydrogen-bond acceptors (Lipinski definition) is 1. The van der Waals surface area contributed by atoms with Gasteiger partial charge in [-0.2, -0.15) is 0 Å². The van der Waals surface area contributed by atoms with Gasteiger partial charge in [-0.05, 0) is 35.5 Å². The van der Waals surface area contributed by atoms with Crippen molar-refractivity contribution in [3.8, 4) is 0 Å². The molecule has 0 fully saturated rings. The molecule has 1 N–H and O–H groups in total. The standard InChI is InChI=1S/C8H18O.C8H18/c1-7(6-9)5-8(2,3)4;1-7(2)6-8(3,4)5/h7,9H,5-6H2,1-4H3;7H,6H2,1-5H3. The van der Waals surface area contributed by atoms with Gasteiger partial charge < -0.3 is 5.11 Å². The van der Waals surface area contributed by atoms with Crippen molar-refractivity contribution in [2.45, 2.75) is 75.2 Å². The van der Waals surface area contributed by atoms with Gasteiger partial charge in [0.2, 0.25) is 0 Å². The average molecular weight is 244 g/mol. The zero-order valence-electron chi connectivity index (χ0n) is 13.7. The Morgan fingerprint density at radius 1 is 0.765 bits per heavy atom. The van der Waals surface area contributed by atoms with E-state index >= 15 is 0 Å². The third kappa shape index (κ3) is 21.7. The number of hydrogen-bond donors (Lipinski definition) is 1. The smallest absolute Gasteiger partial charge is 0.0456 e. The van der Waals surface area contributed by atoms with Crippen LogP contribution >= 0.6 is 0 Å². The molecule has 0 aliphatic carbocycles. The Hall–Kier alpha value is -0.0400. The monoisotopic (exact) mass is 244 g/mol. The molecule has 0 aliphatic heterocycles. The van der Waals surface area contributed by atoms with E-state index in [4.69, 9.17) is 5.11 Å². The quantitative estimate of drug-likeness (QED) is 0.729. The van der Waals surface area contributed by atoms with Gasteiger partial charge >= 0.3 is 0 Å². The summed E-state index contributed by atoms with van der Waals surface area (Å²) in [7, 11) is 0. The van der Waals surface area contributed by atoms with Crippen LogP contribution in [0.5, 0.6) is 0 Å². The van der Waals surface area contributed by atoms with Crippen LogP contribution in [-0.4, -0.2) is 11.7 Å². The molecule has 1 atom stereocenters. The fraction of sp³-hybridized carbons (Fsp3) is 1.00. The van der Waals surface area contributed by atoms with E-state index in [-0.39, 0.29) is 0 Å². The molecule has 0 spiro atoms. The van der Waals surface area contributed by atoms with Crippen LogP contribution in [0.4, 0.5) is 0 Å². The maximum absolute atomic E-state index is 8.70. The van der Waals surface area contributed by atoms with Crippen molar-refractivity contribution in [3.05, 3.63) is 0 Å². The summed E-state index contributed by atoms with van der Waals surface area (Å²) < 4.78 is 0. The second-order valence-electron chi connectivity index (χ2n) is 8.21. The summed E-state index contributed by atoms with van der Waals surface area (Å²) in [6, 6.07) is 0. The molecule has 0 rings (SSSR count). The maximum Gasteiger partial charge on any atom is 0.0456 e. The molecule has 0 bridgehead atoms. The highest BCUT2D eigenvalue weighted by Crippen LogP contribution is 2.23. The average Bonchev–Trinajstić information content (AvgIpc) is 1.96. The van der Waals surface area contributed by atoms with Gasteiger partial charge in [-0.25, -0.2) is 0 Å². The lowest BCUT2D eigenvalue weighted by molar-refractivity contribution is 0.191. The molecule has 0 amide bonds. The van der Waals surface area contributed by atoms with Gasteiger partial charge in [0.15, 0.2) is 0 Å². The van der Waals surface area contributed by atoms with E-state index in [0.717, 1.165) is 12.3 Å². The first-order chi connectivity index (χ1) is 7.37. The molecule has 0 aliphatic rings. The molecule has 0 aromatic heterocycles. The topological polar surface area (TPSA) is 20.2 Å². The highest BCUT2D eigenvalue weighted by molar-refractivity contribution is 4.65. The zero-order valence-corrected chi connectivity index (χ0v) is 13.7. The Morgan fingerprint density at radius 2 is 1.12 bits per heavy atom. The van der Waals surface area contributed by atoms with Crippen molar-refractivity contribution in [2.75, 3.05) is 6.61 Å². The summed E-state index contributed by atoms with van der Waals surface area (Å²) in [5, 5.41) is 8.70. The summed E-state index contributed by atoms with van der Waals surface area (Å²) >= 11 is 0. The maximum atomic E-state index is 8.70. The van der Waals surface area contributed by atoms with E-state index in [1.54, 1.807) is 0 Å². The Bertz CT molecular complexity index is 169. The van der Waals surface area contributed by atoms with Crippen LogP contribution in [0.25, 0.3) is 0 Å². The second kappa shape index (κ2) is 8.13. The summed E-state index contributed by atoms with van der Waals surface area (Å²) in [6.45, 7) is 20.4. The molecular weight excluding hydrogens is 208 g/mol. The van der Waals surface area contributed by atoms with Gasteiger partial charge in [0, 0.05) is 6.61 Å². The van der Waals surface area contributed by atoms with E-state index in [1.165, 1.54) is 6.42 Å². The van der Waals surface area contributed by atoms with Crippen LogP contribution < -0.4 is 0 Å². The minimum Gasteiger partial charge on any atom is -0.396 e. The lowest BCUT2D eigenvalue weighted by Crippen LogP contribution is -2.13. The Balaban J connectivity index is 0. The molecule has 0 aromatic rings. The first-order valence-corrected chi connectivity index (χ1v) is 6.98. The lowest BCUT2D eigenvalue weighted by Gasteiger charge is -2.21. The fourth-order valence-corrected chi connectivity index (χ4v) is 2.33. The van der Waals surface area contributed by atoms with Crippen molar-refractivity contribution in [1.82, 2.24) is 0 Å². The van der Waals surface area contributed by atoms with Gasteiger partial charge in [0.05, 0.1) is 0 Å². The summed E-state index contributed by atoms with van der Waals surface area (Å²) in [4.78, 5) is 0. The predicted molar refractivity (Wildman–Crippen MR) is 79.2 cm³/mol. The number of aliphatic hydroxyl groups excluding tert-OH is 1. The molecule has 1 heteroatoms. The van der Waals surface area contributed by atoms with E-state index in [1.807, 2.05) is 0 Å². The third-order valence-electron chi connectivity index (χ3n) is 2.29. The molecule has 1 nitrogen and oxygen atoms in total. The van der Waals surface area contributed by atoms with Crippen molar-refractivity contribution >= 4 is 0 Å². The van der Waals surface area contributed by atoms with Crippen LogP contribution in [-0.2, 0) is 0 Å². The first kappa shape index (κ1) is 19.3. The Morgan fingerprint density at radius 3 is 1.18 bits per heavy atom. The SMILES string of the molecule is CC(C)CC(C)(C)C.CC(CO)CC(C)(C)C. The van der Waals surface area contributed by atoms with E-state index in [9.17, 15) is 0 Å². The van der Waals surface area contributed by atoms with Crippen molar-refractivity contribution in [1.29, 1.82) is 0 Å². The van der Waals surface area contributed by atoms with E-state index < -0.39 is 0 Å². The van der Waals surface area contributed by atoms with Gasteiger partial charge in [-0.1, -0.05) is 62.3 Å². The van der Waals surface area contributed by atoms with Crippen LogP contribution in [0, 0.1) is 22.7 Å². The predicted octanol–water partition coefficient (Wildman–Crippen LogP) is 5.13. The minimum absolute atomic E-state index is 0.317. The van der Waals surface area contributed by atoms with Crippen molar-refractivity contribution in [3.63, 3.8) is 0 Å². The molecule has 106 valence electrons. The second-order valence-corrected chi connectivity index (χ2v) is 8.21. The molecule has 1 unspecified atom stereocenters. The summed E-state index contributed by atoms with van der Waals surface area (Å²) in [6.07, 6.45) is 2.43. The summed E-state index contributed by atoms with van der Waals surface area (Å²) in [5.41, 5.74) is 0.885. The Labute approximate surface area is 110 Å². The van der Waals surface area contributed by atoms with Crippen molar-refractivity contribution < 1.29 is 5.11 Å². The van der Waals surface area contributed by atoms with Crippen LogP contribution in [0.15, 0.2) is 0 Å². The normalized spacial score (nSPS) is 14.3. The van der Waals surface area contributed by atoms with Crippen molar-refractivity contribution in [2.24, 2.45) is 22.7 Å². The molecule has 0 heterocycles. The van der Waals surface area contributed by atoms with Crippen LogP contribution in [0.3, 0.4) is 0 Å². The zero-order chi connectivity index (χ0) is 14.3. The molecule has 0 aromatic carbocycles. The number of aliphatic hydroxyl groups is 1.